The van der Waals surface area contributed by atoms with Crippen molar-refractivity contribution in [3.05, 3.63) is 71.2 Å². The van der Waals surface area contributed by atoms with Gasteiger partial charge in [-0.15, -0.1) is 0 Å². The van der Waals surface area contributed by atoms with Crippen LogP contribution in [0.4, 0.5) is 11.5 Å². The molecule has 1 aromatic heterocycles. The minimum atomic E-state index is 0.0156. The molecule has 1 heterocycles. The molecule has 184 valence electrons. The van der Waals surface area contributed by atoms with Gasteiger partial charge in [-0.3, -0.25) is 9.59 Å². The number of hydrogen-bond acceptors (Lipinski definition) is 5. The summed E-state index contributed by atoms with van der Waals surface area (Å²) >= 11 is 0. The van der Waals surface area contributed by atoms with Crippen molar-refractivity contribution in [3.63, 3.8) is 0 Å². The Labute approximate surface area is 208 Å². The highest BCUT2D eigenvalue weighted by molar-refractivity contribution is 5.99. The van der Waals surface area contributed by atoms with Crippen LogP contribution in [0.15, 0.2) is 71.2 Å². The van der Waals surface area contributed by atoms with Gasteiger partial charge < -0.3 is 10.6 Å². The monoisotopic (exact) mass is 472 g/mol. The van der Waals surface area contributed by atoms with E-state index in [0.29, 0.717) is 17.9 Å². The molecule has 0 aliphatic heterocycles. The van der Waals surface area contributed by atoms with Crippen LogP contribution in [-0.4, -0.2) is 21.7 Å². The minimum Gasteiger partial charge on any atom is -0.355 e. The van der Waals surface area contributed by atoms with Crippen LogP contribution < -0.4 is 10.6 Å². The number of aromatic nitrogens is 2. The average molecular weight is 473 g/mol. The van der Waals surface area contributed by atoms with Crippen LogP contribution in [0, 0.1) is 5.92 Å². The molecule has 2 N–H and O–H groups in total. The molecule has 1 saturated carbocycles. The number of carbonyl (C=O) groups excluding carboxylic acids is 2. The van der Waals surface area contributed by atoms with Gasteiger partial charge in [-0.2, -0.15) is 0 Å². The van der Waals surface area contributed by atoms with Crippen LogP contribution in [-0.2, 0) is 9.59 Å². The number of ketones is 1. The quantitative estimate of drug-likeness (QED) is 0.276. The van der Waals surface area contributed by atoms with Crippen LogP contribution in [0.5, 0.6) is 0 Å². The summed E-state index contributed by atoms with van der Waals surface area (Å²) in [6.07, 6.45) is 9.57. The summed E-state index contributed by atoms with van der Waals surface area (Å²) in [5, 5.41) is 6.42. The Morgan fingerprint density at radius 2 is 1.83 bits per heavy atom. The van der Waals surface area contributed by atoms with Crippen LogP contribution in [0.1, 0.15) is 66.7 Å². The van der Waals surface area contributed by atoms with E-state index in [4.69, 9.17) is 0 Å². The van der Waals surface area contributed by atoms with E-state index < -0.39 is 0 Å². The van der Waals surface area contributed by atoms with Gasteiger partial charge in [0.15, 0.2) is 5.78 Å². The summed E-state index contributed by atoms with van der Waals surface area (Å²) in [6, 6.07) is 9.70. The molecule has 0 bridgehead atoms. The highest BCUT2D eigenvalue weighted by Crippen LogP contribution is 2.32. The Morgan fingerprint density at radius 1 is 1.09 bits per heavy atom. The normalized spacial score (nSPS) is 14.9. The average Bonchev–Trinajstić information content (AvgIpc) is 3.71. The van der Waals surface area contributed by atoms with Gasteiger partial charge in [0.25, 0.3) is 0 Å². The van der Waals surface area contributed by atoms with Gasteiger partial charge in [0.05, 0.1) is 5.69 Å². The predicted molar refractivity (Wildman–Crippen MR) is 143 cm³/mol. The molecule has 1 aromatic carbocycles. The Hall–Kier alpha value is -3.54. The van der Waals surface area contributed by atoms with E-state index in [9.17, 15) is 9.59 Å². The number of rotatable bonds is 11. The first kappa shape index (κ1) is 26.1. The maximum atomic E-state index is 12.8. The second-order valence-electron chi connectivity index (χ2n) is 8.97. The second kappa shape index (κ2) is 12.2. The van der Waals surface area contributed by atoms with E-state index in [0.717, 1.165) is 59.4 Å². The Bertz CT molecular complexity index is 1170. The van der Waals surface area contributed by atoms with Crippen molar-refractivity contribution >= 4 is 23.2 Å². The lowest BCUT2D eigenvalue weighted by Gasteiger charge is -2.16. The van der Waals surface area contributed by atoms with Crippen LogP contribution in [0.2, 0.25) is 0 Å². The number of allylic oxidation sites excluding steroid dienone is 5. The predicted octanol–water partition coefficient (Wildman–Crippen LogP) is 6.85. The molecule has 1 fully saturated rings. The largest absolute Gasteiger partial charge is 0.355 e. The zero-order valence-corrected chi connectivity index (χ0v) is 21.4. The molecule has 1 amide bonds. The van der Waals surface area contributed by atoms with Gasteiger partial charge in [-0.1, -0.05) is 43.7 Å². The summed E-state index contributed by atoms with van der Waals surface area (Å²) in [6.45, 7) is 10.1. The van der Waals surface area contributed by atoms with Crippen LogP contribution in [0.3, 0.4) is 0 Å². The highest BCUT2D eigenvalue weighted by Gasteiger charge is 2.29. The number of benzene rings is 1. The molecule has 3 rings (SSSR count). The van der Waals surface area contributed by atoms with Gasteiger partial charge in [-0.25, -0.2) is 9.97 Å². The molecule has 1 aliphatic rings. The van der Waals surface area contributed by atoms with E-state index in [1.807, 2.05) is 64.1 Å². The van der Waals surface area contributed by atoms with Crippen molar-refractivity contribution in [1.82, 2.24) is 9.97 Å². The number of amides is 1. The summed E-state index contributed by atoms with van der Waals surface area (Å²) in [5.41, 5.74) is 6.28. The zero-order valence-electron chi connectivity index (χ0n) is 21.4. The first-order valence-electron chi connectivity index (χ1n) is 12.4. The lowest BCUT2D eigenvalue weighted by atomic mass is 9.97. The molecule has 6 nitrogen and oxygen atoms in total. The number of nitrogens with zero attached hydrogens (tertiary/aromatic N) is 2. The molecular weight excluding hydrogens is 436 g/mol. The lowest BCUT2D eigenvalue weighted by molar-refractivity contribution is -0.117. The number of carbonyl (C=O) groups is 2. The van der Waals surface area contributed by atoms with Crippen molar-refractivity contribution in [2.24, 2.45) is 5.92 Å². The summed E-state index contributed by atoms with van der Waals surface area (Å²) in [5.74, 6) is 0.808. The molecular formula is C29H36N4O2. The number of hydrogen-bond donors (Lipinski definition) is 2. The number of nitrogens with one attached hydrogen (secondary N) is 2. The maximum Gasteiger partial charge on any atom is 0.228 e. The maximum absolute atomic E-state index is 12.8. The van der Waals surface area contributed by atoms with Crippen LogP contribution >= 0.6 is 0 Å². The molecule has 0 atom stereocenters. The third-order valence-electron chi connectivity index (χ3n) is 6.18. The fourth-order valence-electron chi connectivity index (χ4n) is 3.79. The second-order valence-corrected chi connectivity index (χ2v) is 8.97. The van der Waals surface area contributed by atoms with Crippen molar-refractivity contribution in [1.29, 1.82) is 0 Å². The molecule has 0 spiro atoms. The van der Waals surface area contributed by atoms with Gasteiger partial charge >= 0.3 is 0 Å². The van der Waals surface area contributed by atoms with Crippen molar-refractivity contribution in [2.45, 2.75) is 66.7 Å². The third-order valence-corrected chi connectivity index (χ3v) is 6.18. The summed E-state index contributed by atoms with van der Waals surface area (Å²) in [4.78, 5) is 33.6. The summed E-state index contributed by atoms with van der Waals surface area (Å²) < 4.78 is 0. The number of para-hydroxylation sites is 1. The van der Waals surface area contributed by atoms with E-state index in [-0.39, 0.29) is 17.6 Å². The minimum absolute atomic E-state index is 0.0156. The zero-order chi connectivity index (χ0) is 25.4. The first-order chi connectivity index (χ1) is 16.9. The molecule has 35 heavy (non-hydrogen) atoms. The standard InChI is InChI=1S/C29H36N4O2/c1-6-11-27(34)23(19(4)7-2)16-20(5)24(8-3)32-25-13-10-9-12-22(25)26-17-28(31-18-30-26)33-29(35)21-14-15-21/h8-10,12-13,16-18,21,32H,6-7,11,14-15H2,1-5H3,(H,30,31,33,35)/b20-16-,23-19-,24-8+. The fraction of sp³-hybridized carbons (Fsp3) is 0.379. The van der Waals surface area contributed by atoms with Crippen molar-refractivity contribution in [2.75, 3.05) is 10.6 Å². The summed E-state index contributed by atoms with van der Waals surface area (Å²) in [7, 11) is 0. The molecule has 6 heteroatoms. The topological polar surface area (TPSA) is 84.0 Å². The number of anilines is 2. The van der Waals surface area contributed by atoms with Gasteiger partial charge in [0.2, 0.25) is 5.91 Å². The molecule has 0 saturated heterocycles. The molecule has 0 radical (unpaired) electrons. The molecule has 2 aromatic rings. The Kier molecular flexibility index (Phi) is 9.12. The van der Waals surface area contributed by atoms with E-state index >= 15 is 0 Å². The smallest absolute Gasteiger partial charge is 0.228 e. The van der Waals surface area contributed by atoms with Crippen molar-refractivity contribution in [3.8, 4) is 11.3 Å². The lowest BCUT2D eigenvalue weighted by Crippen LogP contribution is -2.14. The van der Waals surface area contributed by atoms with Gasteiger partial charge in [0, 0.05) is 40.9 Å². The van der Waals surface area contributed by atoms with Gasteiger partial charge in [0.1, 0.15) is 12.1 Å². The molecule has 0 unspecified atom stereocenters. The highest BCUT2D eigenvalue weighted by atomic mass is 16.2. The fourth-order valence-corrected chi connectivity index (χ4v) is 3.79. The van der Waals surface area contributed by atoms with Gasteiger partial charge in [-0.05, 0) is 64.2 Å². The Balaban J connectivity index is 1.88. The van der Waals surface area contributed by atoms with E-state index in [1.54, 1.807) is 6.07 Å². The van der Waals surface area contributed by atoms with Crippen LogP contribution in [0.25, 0.3) is 11.3 Å². The van der Waals surface area contributed by atoms with E-state index in [1.165, 1.54) is 6.33 Å². The SMILES string of the molecule is C\C=C(Nc1ccccc1-c1cc(NC(=O)C2CC2)ncn1)/C(C)=C\C(C(=O)CCC)=C(/C)CC. The first-order valence-corrected chi connectivity index (χ1v) is 12.4. The van der Waals surface area contributed by atoms with Crippen molar-refractivity contribution < 1.29 is 9.59 Å². The number of Topliss-reactive ketones (excluding diaryl/α,β-unsaturated/α-hetero) is 1. The molecule has 1 aliphatic carbocycles. The van der Waals surface area contributed by atoms with E-state index in [2.05, 4.69) is 27.5 Å². The Morgan fingerprint density at radius 3 is 2.49 bits per heavy atom. The third kappa shape index (κ3) is 6.98.